The summed E-state index contributed by atoms with van der Waals surface area (Å²) < 4.78 is 0. The van der Waals surface area contributed by atoms with E-state index < -0.39 is 0 Å². The van der Waals surface area contributed by atoms with Gasteiger partial charge in [-0.15, -0.1) is 22.9 Å². The predicted molar refractivity (Wildman–Crippen MR) is 83.1 cm³/mol. The second-order valence-electron chi connectivity index (χ2n) is 5.60. The molecule has 1 saturated heterocycles. The fraction of sp³-hybridized carbons (Fsp3) is 0.714. The van der Waals surface area contributed by atoms with E-state index >= 15 is 0 Å². The molecule has 112 valence electrons. The van der Waals surface area contributed by atoms with Crippen molar-refractivity contribution in [3.63, 3.8) is 0 Å². The van der Waals surface area contributed by atoms with Gasteiger partial charge >= 0.3 is 0 Å². The minimum Gasteiger partial charge on any atom is -0.359 e. The molecule has 1 amide bonds. The summed E-state index contributed by atoms with van der Waals surface area (Å²) in [6, 6.07) is 0.295. The highest BCUT2D eigenvalue weighted by Gasteiger charge is 2.42. The van der Waals surface area contributed by atoms with Crippen LogP contribution >= 0.6 is 22.9 Å². The number of hydrogen-bond donors (Lipinski definition) is 1. The van der Waals surface area contributed by atoms with Crippen molar-refractivity contribution in [3.8, 4) is 0 Å². The van der Waals surface area contributed by atoms with Crippen molar-refractivity contribution < 1.29 is 4.79 Å². The molecule has 1 N–H and O–H groups in total. The van der Waals surface area contributed by atoms with Crippen LogP contribution in [0.4, 0.5) is 0 Å². The molecule has 0 bridgehead atoms. The molecular weight excluding hydrogens is 294 g/mol. The summed E-state index contributed by atoms with van der Waals surface area (Å²) >= 11 is 7.50. The highest BCUT2D eigenvalue weighted by Crippen LogP contribution is 2.37. The molecule has 0 radical (unpaired) electrons. The van der Waals surface area contributed by atoms with Gasteiger partial charge in [0.05, 0.1) is 23.0 Å². The third-order valence-electron chi connectivity index (χ3n) is 4.10. The number of alkyl halides is 1. The second kappa shape index (κ2) is 6.41. The zero-order valence-corrected chi connectivity index (χ0v) is 13.9. The lowest BCUT2D eigenvalue weighted by Gasteiger charge is -2.27. The van der Waals surface area contributed by atoms with Gasteiger partial charge in [0, 0.05) is 19.0 Å². The fourth-order valence-electron chi connectivity index (χ4n) is 2.88. The summed E-state index contributed by atoms with van der Waals surface area (Å²) in [6.07, 6.45) is 1.90. The predicted octanol–water partition coefficient (Wildman–Crippen LogP) is 2.79. The van der Waals surface area contributed by atoms with E-state index in [4.69, 9.17) is 11.6 Å². The van der Waals surface area contributed by atoms with Gasteiger partial charge < -0.3 is 5.32 Å². The molecule has 2 atom stereocenters. The molecular formula is C14H22ClN3OS. The van der Waals surface area contributed by atoms with Gasteiger partial charge in [-0.3, -0.25) is 9.69 Å². The smallest absolute Gasteiger partial charge is 0.227 e. The fourth-order valence-corrected chi connectivity index (χ4v) is 4.14. The van der Waals surface area contributed by atoms with Gasteiger partial charge in [0.2, 0.25) is 5.91 Å². The van der Waals surface area contributed by atoms with Gasteiger partial charge in [-0.25, -0.2) is 4.98 Å². The maximum Gasteiger partial charge on any atom is 0.227 e. The van der Waals surface area contributed by atoms with E-state index in [0.29, 0.717) is 11.9 Å². The average molecular weight is 316 g/mol. The van der Waals surface area contributed by atoms with Crippen molar-refractivity contribution in [2.24, 2.45) is 5.41 Å². The Kier molecular flexibility index (Phi) is 5.04. The van der Waals surface area contributed by atoms with Crippen molar-refractivity contribution in [1.29, 1.82) is 0 Å². The van der Waals surface area contributed by atoms with E-state index in [1.54, 1.807) is 18.4 Å². The van der Waals surface area contributed by atoms with E-state index in [-0.39, 0.29) is 11.3 Å². The number of carbonyl (C=O) groups is 1. The number of nitrogens with one attached hydrogen (secondary N) is 1. The molecule has 2 unspecified atom stereocenters. The molecule has 20 heavy (non-hydrogen) atoms. The van der Waals surface area contributed by atoms with Crippen LogP contribution in [0, 0.1) is 5.41 Å². The number of nitrogens with zero attached hydrogens (tertiary/aromatic N) is 2. The number of thiazole rings is 1. The van der Waals surface area contributed by atoms with Gasteiger partial charge in [-0.2, -0.15) is 0 Å². The van der Waals surface area contributed by atoms with Crippen LogP contribution in [0.15, 0.2) is 5.38 Å². The number of rotatable bonds is 5. The van der Waals surface area contributed by atoms with E-state index in [2.05, 4.69) is 22.1 Å². The maximum atomic E-state index is 12.0. The normalized spacial score (nSPS) is 24.8. The lowest BCUT2D eigenvalue weighted by atomic mass is 9.89. The zero-order valence-electron chi connectivity index (χ0n) is 12.3. The summed E-state index contributed by atoms with van der Waals surface area (Å²) in [5.74, 6) is 0.596. The molecule has 4 nitrogen and oxygen atoms in total. The molecule has 1 aromatic rings. The van der Waals surface area contributed by atoms with Gasteiger partial charge in [-0.1, -0.05) is 6.92 Å². The molecule has 6 heteroatoms. The van der Waals surface area contributed by atoms with Crippen LogP contribution in [0.25, 0.3) is 0 Å². The SMILES string of the molecule is CCC(c1nc(CCl)cs1)N1CCC(C)(C(=O)NC)C1. The number of amides is 1. The van der Waals surface area contributed by atoms with Gasteiger partial charge in [0.1, 0.15) is 5.01 Å². The third-order valence-corrected chi connectivity index (χ3v) is 5.37. The Hall–Kier alpha value is -0.650. The van der Waals surface area contributed by atoms with Crippen molar-refractivity contribution in [3.05, 3.63) is 16.1 Å². The molecule has 1 aromatic heterocycles. The first-order chi connectivity index (χ1) is 9.54. The molecule has 2 rings (SSSR count). The summed E-state index contributed by atoms with van der Waals surface area (Å²) in [7, 11) is 1.71. The minimum absolute atomic E-state index is 0.135. The van der Waals surface area contributed by atoms with E-state index in [1.807, 2.05) is 12.3 Å². The topological polar surface area (TPSA) is 45.2 Å². The molecule has 0 saturated carbocycles. The second-order valence-corrected chi connectivity index (χ2v) is 6.75. The van der Waals surface area contributed by atoms with E-state index in [0.717, 1.165) is 36.6 Å². The Labute approximate surface area is 129 Å². The molecule has 0 aliphatic carbocycles. The van der Waals surface area contributed by atoms with Gasteiger partial charge in [-0.05, 0) is 26.3 Å². The van der Waals surface area contributed by atoms with Crippen LogP contribution in [0.1, 0.15) is 43.4 Å². The molecule has 1 aliphatic rings. The lowest BCUT2D eigenvalue weighted by molar-refractivity contribution is -0.129. The molecule has 1 fully saturated rings. The molecule has 1 aliphatic heterocycles. The molecule has 0 aromatic carbocycles. The van der Waals surface area contributed by atoms with Gasteiger partial charge in [0.15, 0.2) is 0 Å². The van der Waals surface area contributed by atoms with Crippen molar-refractivity contribution >= 4 is 28.8 Å². The molecule has 2 heterocycles. The number of carbonyl (C=O) groups excluding carboxylic acids is 1. The van der Waals surface area contributed by atoms with Crippen LogP contribution in [0.5, 0.6) is 0 Å². The Balaban J connectivity index is 2.12. The Morgan fingerprint density at radius 2 is 2.45 bits per heavy atom. The Bertz CT molecular complexity index is 479. The Morgan fingerprint density at radius 1 is 1.70 bits per heavy atom. The average Bonchev–Trinajstić information content (AvgIpc) is 3.07. The number of halogens is 1. The Morgan fingerprint density at radius 3 is 3.00 bits per heavy atom. The van der Waals surface area contributed by atoms with Crippen LogP contribution in [0.3, 0.4) is 0 Å². The van der Waals surface area contributed by atoms with E-state index in [1.165, 1.54) is 0 Å². The largest absolute Gasteiger partial charge is 0.359 e. The first kappa shape index (κ1) is 15.7. The van der Waals surface area contributed by atoms with Crippen molar-refractivity contribution in [2.75, 3.05) is 20.1 Å². The van der Waals surface area contributed by atoms with Gasteiger partial charge in [0.25, 0.3) is 0 Å². The lowest BCUT2D eigenvalue weighted by Crippen LogP contribution is -2.39. The number of likely N-dealkylation sites (tertiary alicyclic amines) is 1. The summed E-state index contributed by atoms with van der Waals surface area (Å²) in [6.45, 7) is 5.95. The third kappa shape index (κ3) is 3.00. The first-order valence-corrected chi connectivity index (χ1v) is 8.42. The highest BCUT2D eigenvalue weighted by molar-refractivity contribution is 7.09. The summed E-state index contributed by atoms with van der Waals surface area (Å²) in [5.41, 5.74) is 0.660. The van der Waals surface area contributed by atoms with Crippen molar-refractivity contribution in [2.45, 2.75) is 38.6 Å². The molecule has 0 spiro atoms. The first-order valence-electron chi connectivity index (χ1n) is 7.00. The maximum absolute atomic E-state index is 12.0. The van der Waals surface area contributed by atoms with Crippen LogP contribution < -0.4 is 5.32 Å². The van der Waals surface area contributed by atoms with Crippen LogP contribution in [-0.2, 0) is 10.7 Å². The minimum atomic E-state index is -0.283. The standard InChI is InChI=1S/C14H22ClN3OS/c1-4-11(12-17-10(7-15)8-20-12)18-6-5-14(2,9-18)13(19)16-3/h8,11H,4-7,9H2,1-3H3,(H,16,19). The summed E-state index contributed by atoms with van der Waals surface area (Å²) in [4.78, 5) is 19.0. The quantitative estimate of drug-likeness (QED) is 0.850. The van der Waals surface area contributed by atoms with Crippen LogP contribution in [-0.4, -0.2) is 35.9 Å². The zero-order chi connectivity index (χ0) is 14.8. The monoisotopic (exact) mass is 315 g/mol. The number of aromatic nitrogens is 1. The summed E-state index contributed by atoms with van der Waals surface area (Å²) in [5, 5.41) is 5.92. The van der Waals surface area contributed by atoms with Crippen molar-refractivity contribution in [1.82, 2.24) is 15.2 Å². The van der Waals surface area contributed by atoms with E-state index in [9.17, 15) is 4.79 Å². The van der Waals surface area contributed by atoms with Crippen LogP contribution in [0.2, 0.25) is 0 Å². The highest BCUT2D eigenvalue weighted by atomic mass is 35.5. The number of hydrogen-bond acceptors (Lipinski definition) is 4.